The molecule has 2 atom stereocenters. The van der Waals surface area contributed by atoms with Gasteiger partial charge in [-0.1, -0.05) is 18.2 Å². The van der Waals surface area contributed by atoms with Crippen LogP contribution in [0, 0.1) is 0 Å². The Balaban J connectivity index is 1.78. The number of methoxy groups -OCH3 is 1. The molecule has 10 nitrogen and oxygen atoms in total. The van der Waals surface area contributed by atoms with Gasteiger partial charge in [0.15, 0.2) is 0 Å². The van der Waals surface area contributed by atoms with E-state index in [-0.39, 0.29) is 18.8 Å². The number of nitrogens with one attached hydrogen (secondary N) is 1. The Labute approximate surface area is 185 Å². The average Bonchev–Trinajstić information content (AvgIpc) is 3.18. The maximum atomic E-state index is 12.6. The molecular formula is C22H26N4O6. The number of hydrogen-bond acceptors (Lipinski definition) is 7. The van der Waals surface area contributed by atoms with Crippen molar-refractivity contribution in [2.24, 2.45) is 0 Å². The molecule has 3 rings (SSSR count). The highest BCUT2D eigenvalue weighted by Crippen LogP contribution is 2.29. The first kappa shape index (κ1) is 23.0. The van der Waals surface area contributed by atoms with Crippen LogP contribution in [0.2, 0.25) is 0 Å². The number of carbonyl (C=O) groups excluding carboxylic acids is 3. The highest BCUT2D eigenvalue weighted by Gasteiger charge is 2.43. The van der Waals surface area contributed by atoms with E-state index in [0.29, 0.717) is 5.56 Å². The Morgan fingerprint density at radius 1 is 1.12 bits per heavy atom. The monoisotopic (exact) mass is 442 g/mol. The molecule has 0 radical (unpaired) electrons. The number of likely N-dealkylation sites (tertiary alicyclic amines) is 1. The second-order valence-electron chi connectivity index (χ2n) is 8.38. The Morgan fingerprint density at radius 2 is 1.81 bits per heavy atom. The molecule has 1 saturated heterocycles. The van der Waals surface area contributed by atoms with Crippen molar-refractivity contribution >= 4 is 23.8 Å². The number of nitrogens with zero attached hydrogens (tertiary/aromatic N) is 3. The first-order chi connectivity index (χ1) is 15.1. The number of rotatable bonds is 4. The lowest BCUT2D eigenvalue weighted by molar-refractivity contribution is -0.145. The van der Waals surface area contributed by atoms with Gasteiger partial charge in [0, 0.05) is 24.7 Å². The number of benzene rings is 1. The largest absolute Gasteiger partial charge is 0.467 e. The van der Waals surface area contributed by atoms with E-state index in [4.69, 9.17) is 9.47 Å². The molecular weight excluding hydrogens is 416 g/mol. The van der Waals surface area contributed by atoms with Crippen LogP contribution < -0.4 is 11.0 Å². The highest BCUT2D eigenvalue weighted by atomic mass is 16.6. The quantitative estimate of drug-likeness (QED) is 0.721. The van der Waals surface area contributed by atoms with Crippen LogP contribution >= 0.6 is 0 Å². The van der Waals surface area contributed by atoms with Gasteiger partial charge in [-0.3, -0.25) is 14.3 Å². The second-order valence-corrected chi connectivity index (χ2v) is 8.38. The van der Waals surface area contributed by atoms with Crippen molar-refractivity contribution in [3.05, 3.63) is 58.6 Å². The van der Waals surface area contributed by atoms with Crippen LogP contribution in [0.15, 0.2) is 47.4 Å². The van der Waals surface area contributed by atoms with E-state index in [1.807, 2.05) is 0 Å². The van der Waals surface area contributed by atoms with E-state index in [1.165, 1.54) is 28.8 Å². The highest BCUT2D eigenvalue weighted by molar-refractivity contribution is 6.03. The number of aromatic nitrogens is 2. The SMILES string of the molecule is COC(=O)[C@@H]1C[C@H](n2ccc(NC(=O)c3ccccc3)nc2=O)CN1C(=O)OC(C)(C)C. The molecule has 32 heavy (non-hydrogen) atoms. The Morgan fingerprint density at radius 3 is 2.41 bits per heavy atom. The van der Waals surface area contributed by atoms with Crippen LogP contribution in [0.25, 0.3) is 0 Å². The topological polar surface area (TPSA) is 120 Å². The third kappa shape index (κ3) is 5.32. The summed E-state index contributed by atoms with van der Waals surface area (Å²) in [6.07, 6.45) is 0.986. The molecule has 0 unspecified atom stereocenters. The third-order valence-electron chi connectivity index (χ3n) is 4.88. The molecule has 2 heterocycles. The lowest BCUT2D eigenvalue weighted by Crippen LogP contribution is -2.44. The fourth-order valence-corrected chi connectivity index (χ4v) is 3.44. The molecule has 2 aromatic rings. The number of anilines is 1. The molecule has 0 saturated carbocycles. The van der Waals surface area contributed by atoms with Gasteiger partial charge in [-0.25, -0.2) is 14.4 Å². The molecule has 1 aliphatic rings. The van der Waals surface area contributed by atoms with Gasteiger partial charge < -0.3 is 14.8 Å². The summed E-state index contributed by atoms with van der Waals surface area (Å²) in [4.78, 5) is 55.0. The Hall–Kier alpha value is -3.69. The summed E-state index contributed by atoms with van der Waals surface area (Å²) < 4.78 is 11.6. The fourth-order valence-electron chi connectivity index (χ4n) is 3.44. The van der Waals surface area contributed by atoms with Gasteiger partial charge >= 0.3 is 17.8 Å². The van der Waals surface area contributed by atoms with Crippen LogP contribution in [-0.4, -0.2) is 57.7 Å². The van der Waals surface area contributed by atoms with E-state index in [0.717, 1.165) is 0 Å². The van der Waals surface area contributed by atoms with Crippen molar-refractivity contribution in [3.63, 3.8) is 0 Å². The zero-order valence-corrected chi connectivity index (χ0v) is 18.4. The van der Waals surface area contributed by atoms with Crippen LogP contribution in [0.4, 0.5) is 10.6 Å². The summed E-state index contributed by atoms with van der Waals surface area (Å²) in [6, 6.07) is 8.64. The van der Waals surface area contributed by atoms with Gasteiger partial charge in [-0.15, -0.1) is 0 Å². The third-order valence-corrected chi connectivity index (χ3v) is 4.88. The molecule has 0 aliphatic carbocycles. The zero-order valence-electron chi connectivity index (χ0n) is 18.4. The molecule has 1 aromatic heterocycles. The molecule has 0 bridgehead atoms. The van der Waals surface area contributed by atoms with Gasteiger partial charge in [0.1, 0.15) is 17.5 Å². The summed E-state index contributed by atoms with van der Waals surface area (Å²) in [5.74, 6) is -0.879. The smallest absolute Gasteiger partial charge is 0.411 e. The predicted molar refractivity (Wildman–Crippen MR) is 115 cm³/mol. The van der Waals surface area contributed by atoms with Crippen molar-refractivity contribution < 1.29 is 23.9 Å². The first-order valence-corrected chi connectivity index (χ1v) is 10.1. The van der Waals surface area contributed by atoms with Gasteiger partial charge in [0.05, 0.1) is 13.2 Å². The lowest BCUT2D eigenvalue weighted by Gasteiger charge is -2.27. The van der Waals surface area contributed by atoms with Gasteiger partial charge in [0.25, 0.3) is 5.91 Å². The molecule has 1 aromatic carbocycles. The summed E-state index contributed by atoms with van der Waals surface area (Å²) in [6.45, 7) is 5.25. The molecule has 1 N–H and O–H groups in total. The van der Waals surface area contributed by atoms with E-state index >= 15 is 0 Å². The van der Waals surface area contributed by atoms with E-state index < -0.39 is 41.3 Å². The van der Waals surface area contributed by atoms with Crippen molar-refractivity contribution in [3.8, 4) is 0 Å². The van der Waals surface area contributed by atoms with Crippen LogP contribution in [0.3, 0.4) is 0 Å². The summed E-state index contributed by atoms with van der Waals surface area (Å²) in [5.41, 5.74) is -0.925. The molecule has 1 aliphatic heterocycles. The summed E-state index contributed by atoms with van der Waals surface area (Å²) >= 11 is 0. The zero-order chi connectivity index (χ0) is 23.5. The van der Waals surface area contributed by atoms with E-state index in [9.17, 15) is 19.2 Å². The predicted octanol–water partition coefficient (Wildman–Crippen LogP) is 2.22. The summed E-state index contributed by atoms with van der Waals surface area (Å²) in [5, 5.41) is 2.58. The number of carbonyl (C=O) groups is 3. The average molecular weight is 442 g/mol. The number of esters is 1. The Kier molecular flexibility index (Phi) is 6.61. The first-order valence-electron chi connectivity index (χ1n) is 10.1. The molecule has 2 amide bonds. The second kappa shape index (κ2) is 9.21. The van der Waals surface area contributed by atoms with Gasteiger partial charge in [0.2, 0.25) is 0 Å². The standard InChI is InChI=1S/C22H26N4O6/c1-22(2,3)32-21(30)26-13-15(12-16(26)19(28)31-4)25-11-10-17(24-20(25)29)23-18(27)14-8-6-5-7-9-14/h5-11,15-16H,12-13H2,1-4H3,(H,23,24,27,29)/t15-,16-/m0/s1. The van der Waals surface area contributed by atoms with Crippen LogP contribution in [0.1, 0.15) is 43.6 Å². The van der Waals surface area contributed by atoms with E-state index in [1.54, 1.807) is 51.1 Å². The molecule has 10 heteroatoms. The normalized spacial score (nSPS) is 18.2. The Bertz CT molecular complexity index is 1060. The maximum Gasteiger partial charge on any atom is 0.411 e. The van der Waals surface area contributed by atoms with Crippen LogP contribution in [0.5, 0.6) is 0 Å². The van der Waals surface area contributed by atoms with Crippen molar-refractivity contribution in [2.75, 3.05) is 19.0 Å². The minimum absolute atomic E-state index is 0.0754. The van der Waals surface area contributed by atoms with Gasteiger partial charge in [-0.05, 0) is 39.0 Å². The molecule has 170 valence electrons. The summed E-state index contributed by atoms with van der Waals surface area (Å²) in [7, 11) is 1.24. The van der Waals surface area contributed by atoms with Crippen molar-refractivity contribution in [1.29, 1.82) is 0 Å². The fraction of sp³-hybridized carbons (Fsp3) is 0.409. The number of ether oxygens (including phenoxy) is 2. The lowest BCUT2D eigenvalue weighted by atomic mass is 10.1. The van der Waals surface area contributed by atoms with Crippen molar-refractivity contribution in [2.45, 2.75) is 44.9 Å². The minimum atomic E-state index is -0.885. The van der Waals surface area contributed by atoms with Gasteiger partial charge in [-0.2, -0.15) is 4.98 Å². The molecule has 0 spiro atoms. The minimum Gasteiger partial charge on any atom is -0.467 e. The van der Waals surface area contributed by atoms with Crippen LogP contribution in [-0.2, 0) is 14.3 Å². The van der Waals surface area contributed by atoms with E-state index in [2.05, 4.69) is 10.3 Å². The molecule has 1 fully saturated rings. The number of amides is 2. The van der Waals surface area contributed by atoms with Crippen molar-refractivity contribution in [1.82, 2.24) is 14.5 Å². The number of hydrogen-bond donors (Lipinski definition) is 1. The maximum absolute atomic E-state index is 12.6.